The third-order valence-electron chi connectivity index (χ3n) is 4.77. The highest BCUT2D eigenvalue weighted by Crippen LogP contribution is 2.32. The fourth-order valence-corrected chi connectivity index (χ4v) is 3.59. The highest BCUT2D eigenvalue weighted by Gasteiger charge is 2.17. The molecule has 0 bridgehead atoms. The topological polar surface area (TPSA) is 79.4 Å². The molecule has 5 rings (SSSR count). The number of nitrogens with zero attached hydrogens (tertiary/aromatic N) is 6. The van der Waals surface area contributed by atoms with E-state index in [0.717, 1.165) is 16.6 Å². The summed E-state index contributed by atoms with van der Waals surface area (Å²) in [6.45, 7) is 0. The molecule has 30 heavy (non-hydrogen) atoms. The van der Waals surface area contributed by atoms with E-state index in [0.29, 0.717) is 38.7 Å². The molecule has 2 aromatic carbocycles. The highest BCUT2D eigenvalue weighted by atomic mass is 35.5. The average Bonchev–Trinajstić information content (AvgIpc) is 3.39. The maximum atomic E-state index is 6.16. The Kier molecular flexibility index (Phi) is 4.45. The van der Waals surface area contributed by atoms with Gasteiger partial charge >= 0.3 is 0 Å². The van der Waals surface area contributed by atoms with Gasteiger partial charge in [-0.3, -0.25) is 4.40 Å². The molecular weight excluding hydrogens is 427 g/mol. The van der Waals surface area contributed by atoms with Gasteiger partial charge in [0.1, 0.15) is 6.33 Å². The molecule has 0 spiro atoms. The van der Waals surface area contributed by atoms with Gasteiger partial charge in [0.15, 0.2) is 28.6 Å². The summed E-state index contributed by atoms with van der Waals surface area (Å²) in [5.41, 5.74) is 2.83. The standard InChI is InChI=1S/C20H14Cl2N6O2/c1-29-16-6-3-11(7-17(16)30-2)18-25-26-20-13-9-24-28(19(13)23-10-27(18)20)12-4-5-14(21)15(22)8-12/h3-10H,1-2H3. The number of hydrogen-bond donors (Lipinski definition) is 0. The lowest BCUT2D eigenvalue weighted by Gasteiger charge is -2.09. The van der Waals surface area contributed by atoms with Gasteiger partial charge < -0.3 is 9.47 Å². The predicted molar refractivity (Wildman–Crippen MR) is 114 cm³/mol. The minimum absolute atomic E-state index is 0.442. The first-order chi connectivity index (χ1) is 14.6. The molecule has 0 aliphatic heterocycles. The number of benzene rings is 2. The fourth-order valence-electron chi connectivity index (χ4n) is 3.30. The van der Waals surface area contributed by atoms with E-state index >= 15 is 0 Å². The second-order valence-electron chi connectivity index (χ2n) is 6.42. The minimum Gasteiger partial charge on any atom is -0.493 e. The number of methoxy groups -OCH3 is 2. The van der Waals surface area contributed by atoms with E-state index in [9.17, 15) is 0 Å². The number of ether oxygens (including phenoxy) is 2. The van der Waals surface area contributed by atoms with Crippen molar-refractivity contribution in [1.29, 1.82) is 0 Å². The van der Waals surface area contributed by atoms with Crippen LogP contribution in [0.3, 0.4) is 0 Å². The molecule has 0 amide bonds. The van der Waals surface area contributed by atoms with Crippen molar-refractivity contribution >= 4 is 39.9 Å². The summed E-state index contributed by atoms with van der Waals surface area (Å²) in [4.78, 5) is 4.58. The zero-order chi connectivity index (χ0) is 20.8. The molecule has 0 saturated heterocycles. The summed E-state index contributed by atoms with van der Waals surface area (Å²) in [6.07, 6.45) is 3.37. The Morgan fingerprint density at radius 2 is 1.70 bits per heavy atom. The Hall–Kier alpha value is -3.36. The van der Waals surface area contributed by atoms with Gasteiger partial charge in [0.25, 0.3) is 0 Å². The van der Waals surface area contributed by atoms with Crippen LogP contribution in [0.2, 0.25) is 10.0 Å². The van der Waals surface area contributed by atoms with Gasteiger partial charge in [-0.25, -0.2) is 9.67 Å². The first-order valence-electron chi connectivity index (χ1n) is 8.86. The molecule has 3 heterocycles. The van der Waals surface area contributed by atoms with Crippen molar-refractivity contribution in [1.82, 2.24) is 29.4 Å². The largest absolute Gasteiger partial charge is 0.493 e. The lowest BCUT2D eigenvalue weighted by molar-refractivity contribution is 0.355. The van der Waals surface area contributed by atoms with Crippen molar-refractivity contribution in [3.05, 3.63) is 59.0 Å². The Morgan fingerprint density at radius 1 is 0.867 bits per heavy atom. The van der Waals surface area contributed by atoms with Crippen LogP contribution in [0.15, 0.2) is 48.9 Å². The van der Waals surface area contributed by atoms with Gasteiger partial charge in [-0.2, -0.15) is 5.10 Å². The molecule has 8 nitrogen and oxygen atoms in total. The molecule has 0 aliphatic carbocycles. The first kappa shape index (κ1) is 18.7. The van der Waals surface area contributed by atoms with Crippen LogP contribution < -0.4 is 9.47 Å². The van der Waals surface area contributed by atoms with E-state index in [2.05, 4.69) is 20.3 Å². The van der Waals surface area contributed by atoms with Gasteiger partial charge in [-0.15, -0.1) is 10.2 Å². The van der Waals surface area contributed by atoms with E-state index in [-0.39, 0.29) is 0 Å². The van der Waals surface area contributed by atoms with E-state index in [4.69, 9.17) is 32.7 Å². The lowest BCUT2D eigenvalue weighted by Crippen LogP contribution is -1.99. The molecule has 0 atom stereocenters. The van der Waals surface area contributed by atoms with Gasteiger partial charge in [-0.1, -0.05) is 23.2 Å². The van der Waals surface area contributed by atoms with Crippen molar-refractivity contribution in [2.24, 2.45) is 0 Å². The number of rotatable bonds is 4. The molecule has 0 saturated carbocycles. The summed E-state index contributed by atoms with van der Waals surface area (Å²) in [6, 6.07) is 10.8. The van der Waals surface area contributed by atoms with E-state index in [1.807, 2.05) is 28.7 Å². The van der Waals surface area contributed by atoms with Crippen LogP contribution in [0.1, 0.15) is 0 Å². The minimum atomic E-state index is 0.442. The maximum Gasteiger partial charge on any atom is 0.175 e. The average molecular weight is 441 g/mol. The molecule has 0 unspecified atom stereocenters. The van der Waals surface area contributed by atoms with Gasteiger partial charge in [0.05, 0.1) is 41.5 Å². The zero-order valence-corrected chi connectivity index (χ0v) is 17.4. The SMILES string of the molecule is COc1ccc(-c2nnc3c4cnn(-c5ccc(Cl)c(Cl)c5)c4ncn23)cc1OC. The molecular formula is C20H14Cl2N6O2. The molecule has 10 heteroatoms. The van der Waals surface area contributed by atoms with E-state index < -0.39 is 0 Å². The van der Waals surface area contributed by atoms with Crippen molar-refractivity contribution in [3.63, 3.8) is 0 Å². The third kappa shape index (κ3) is 2.84. The number of hydrogen-bond acceptors (Lipinski definition) is 6. The quantitative estimate of drug-likeness (QED) is 0.410. The molecule has 0 N–H and O–H groups in total. The summed E-state index contributed by atoms with van der Waals surface area (Å²) in [7, 11) is 3.18. The molecule has 150 valence electrons. The second-order valence-corrected chi connectivity index (χ2v) is 7.24. The maximum absolute atomic E-state index is 6.16. The first-order valence-corrected chi connectivity index (χ1v) is 9.61. The van der Waals surface area contributed by atoms with Gasteiger partial charge in [-0.05, 0) is 36.4 Å². The summed E-state index contributed by atoms with van der Waals surface area (Å²) in [5.74, 6) is 1.87. The zero-order valence-electron chi connectivity index (χ0n) is 15.9. The van der Waals surface area contributed by atoms with Gasteiger partial charge in [0, 0.05) is 5.56 Å². The monoisotopic (exact) mass is 440 g/mol. The number of halogens is 2. The Bertz CT molecular complexity index is 1410. The van der Waals surface area contributed by atoms with Crippen LogP contribution in [-0.4, -0.2) is 43.6 Å². The smallest absolute Gasteiger partial charge is 0.175 e. The second kappa shape index (κ2) is 7.16. The lowest BCUT2D eigenvalue weighted by atomic mass is 10.2. The summed E-state index contributed by atoms with van der Waals surface area (Å²) >= 11 is 12.2. The molecule has 0 fully saturated rings. The summed E-state index contributed by atoms with van der Waals surface area (Å²) < 4.78 is 14.2. The Balaban J connectivity index is 1.66. The van der Waals surface area contributed by atoms with Crippen LogP contribution in [0.4, 0.5) is 0 Å². The van der Waals surface area contributed by atoms with E-state index in [1.54, 1.807) is 43.6 Å². The van der Waals surface area contributed by atoms with Crippen LogP contribution >= 0.6 is 23.2 Å². The van der Waals surface area contributed by atoms with Crippen molar-refractivity contribution < 1.29 is 9.47 Å². The van der Waals surface area contributed by atoms with Crippen molar-refractivity contribution in [2.75, 3.05) is 14.2 Å². The highest BCUT2D eigenvalue weighted by molar-refractivity contribution is 6.42. The predicted octanol–water partition coefficient (Wildman–Crippen LogP) is 4.45. The third-order valence-corrected chi connectivity index (χ3v) is 5.50. The fraction of sp³-hybridized carbons (Fsp3) is 0.100. The van der Waals surface area contributed by atoms with Crippen molar-refractivity contribution in [2.45, 2.75) is 0 Å². The van der Waals surface area contributed by atoms with Gasteiger partial charge in [0.2, 0.25) is 0 Å². The number of fused-ring (bicyclic) bond motifs is 3. The number of aromatic nitrogens is 6. The van der Waals surface area contributed by atoms with Crippen LogP contribution in [0.25, 0.3) is 33.8 Å². The van der Waals surface area contributed by atoms with Crippen LogP contribution in [-0.2, 0) is 0 Å². The molecule has 0 radical (unpaired) electrons. The normalized spacial score (nSPS) is 11.3. The van der Waals surface area contributed by atoms with Crippen LogP contribution in [0.5, 0.6) is 11.5 Å². The Labute approximate surface area is 180 Å². The summed E-state index contributed by atoms with van der Waals surface area (Å²) in [5, 5.41) is 14.8. The molecule has 3 aromatic heterocycles. The van der Waals surface area contributed by atoms with Crippen molar-refractivity contribution in [3.8, 4) is 28.6 Å². The van der Waals surface area contributed by atoms with E-state index in [1.165, 1.54) is 0 Å². The Morgan fingerprint density at radius 3 is 2.47 bits per heavy atom. The van der Waals surface area contributed by atoms with Crippen LogP contribution in [0, 0.1) is 0 Å². The molecule has 5 aromatic rings. The molecule has 0 aliphatic rings.